The molecule has 30 heavy (non-hydrogen) atoms. The molecule has 0 bridgehead atoms. The molecule has 0 radical (unpaired) electrons. The van der Waals surface area contributed by atoms with Gasteiger partial charge in [0.25, 0.3) is 5.91 Å². The summed E-state index contributed by atoms with van der Waals surface area (Å²) in [6.45, 7) is 3.97. The van der Waals surface area contributed by atoms with Crippen molar-refractivity contribution in [2.75, 3.05) is 20.8 Å². The van der Waals surface area contributed by atoms with Gasteiger partial charge in [0.1, 0.15) is 5.82 Å². The summed E-state index contributed by atoms with van der Waals surface area (Å²) in [6, 6.07) is 12.6. The number of ether oxygens (including phenoxy) is 2. The number of rotatable bonds is 9. The number of ketones is 1. The number of aryl methyl sites for hydroxylation is 1. The number of imidazole rings is 1. The molecule has 1 amide bonds. The van der Waals surface area contributed by atoms with Gasteiger partial charge >= 0.3 is 0 Å². The highest BCUT2D eigenvalue weighted by Crippen LogP contribution is 2.27. The number of carbonyl (C=O) groups excluding carboxylic acids is 2. The number of amides is 1. The summed E-state index contributed by atoms with van der Waals surface area (Å²) in [4.78, 5) is 29.1. The minimum Gasteiger partial charge on any atom is -0.493 e. The fraction of sp³-hybridized carbons (Fsp3) is 0.348. The van der Waals surface area contributed by atoms with Crippen molar-refractivity contribution in [2.45, 2.75) is 32.7 Å². The second kappa shape index (κ2) is 9.43. The Bertz CT molecular complexity index is 1060. The Morgan fingerprint density at radius 3 is 2.53 bits per heavy atom. The van der Waals surface area contributed by atoms with Gasteiger partial charge in [-0.25, -0.2) is 4.98 Å². The maximum absolute atomic E-state index is 12.5. The standard InChI is InChI=1S/C23H27N3O4/c1-15(16(2)27)26-19-9-6-5-8-18(19)25-22(26)10-7-13-24-23(28)17-11-12-20(29-3)21(14-17)30-4/h5-6,8-9,11-12,14-15H,7,10,13H2,1-4H3,(H,24,28). The molecule has 0 aliphatic rings. The first-order valence-corrected chi connectivity index (χ1v) is 9.92. The minimum atomic E-state index is -0.284. The van der Waals surface area contributed by atoms with Crippen molar-refractivity contribution in [3.63, 3.8) is 0 Å². The number of nitrogens with zero attached hydrogens (tertiary/aromatic N) is 2. The van der Waals surface area contributed by atoms with Gasteiger partial charge in [-0.2, -0.15) is 0 Å². The largest absolute Gasteiger partial charge is 0.493 e. The molecule has 3 aromatic rings. The number of carbonyl (C=O) groups is 2. The average molecular weight is 409 g/mol. The molecule has 3 rings (SSSR count). The molecule has 1 aromatic heterocycles. The van der Waals surface area contributed by atoms with Gasteiger partial charge in [-0.15, -0.1) is 0 Å². The number of benzene rings is 2. The molecule has 1 heterocycles. The van der Waals surface area contributed by atoms with Crippen molar-refractivity contribution in [1.82, 2.24) is 14.9 Å². The van der Waals surface area contributed by atoms with Crippen molar-refractivity contribution < 1.29 is 19.1 Å². The number of Topliss-reactive ketones (excluding diaryl/α,β-unsaturated/α-hetero) is 1. The van der Waals surface area contributed by atoms with Gasteiger partial charge in [-0.1, -0.05) is 12.1 Å². The Morgan fingerprint density at radius 1 is 1.10 bits per heavy atom. The van der Waals surface area contributed by atoms with E-state index in [1.165, 1.54) is 7.11 Å². The van der Waals surface area contributed by atoms with Crippen LogP contribution in [0.2, 0.25) is 0 Å². The minimum absolute atomic E-state index is 0.0844. The molecule has 0 aliphatic carbocycles. The van der Waals surface area contributed by atoms with Gasteiger partial charge in [0.15, 0.2) is 17.3 Å². The summed E-state index contributed by atoms with van der Waals surface area (Å²) in [5, 5.41) is 2.92. The van der Waals surface area contributed by atoms with Crippen LogP contribution in [-0.4, -0.2) is 42.0 Å². The molecule has 0 spiro atoms. The van der Waals surface area contributed by atoms with Crippen molar-refractivity contribution in [1.29, 1.82) is 0 Å². The van der Waals surface area contributed by atoms with E-state index in [-0.39, 0.29) is 17.7 Å². The van der Waals surface area contributed by atoms with Crippen molar-refractivity contribution in [2.24, 2.45) is 0 Å². The molecule has 1 N–H and O–H groups in total. The van der Waals surface area contributed by atoms with Crippen molar-refractivity contribution in [3.05, 3.63) is 53.9 Å². The van der Waals surface area contributed by atoms with Gasteiger partial charge in [0, 0.05) is 18.5 Å². The monoisotopic (exact) mass is 409 g/mol. The molecular weight excluding hydrogens is 382 g/mol. The van der Waals surface area contributed by atoms with Gasteiger partial charge in [-0.05, 0) is 50.6 Å². The number of hydrogen-bond donors (Lipinski definition) is 1. The summed E-state index contributed by atoms with van der Waals surface area (Å²) >= 11 is 0. The smallest absolute Gasteiger partial charge is 0.251 e. The number of aromatic nitrogens is 2. The van der Waals surface area contributed by atoms with Crippen LogP contribution in [0.4, 0.5) is 0 Å². The van der Waals surface area contributed by atoms with Crippen LogP contribution in [0.25, 0.3) is 11.0 Å². The molecular formula is C23H27N3O4. The molecule has 0 aliphatic heterocycles. The molecule has 158 valence electrons. The Balaban J connectivity index is 1.66. The summed E-state index contributed by atoms with van der Waals surface area (Å²) in [7, 11) is 3.09. The molecule has 0 saturated carbocycles. The molecule has 7 heteroatoms. The van der Waals surface area contributed by atoms with Crippen molar-refractivity contribution in [3.8, 4) is 11.5 Å². The van der Waals surface area contributed by atoms with E-state index >= 15 is 0 Å². The second-order valence-electron chi connectivity index (χ2n) is 7.10. The number of hydrogen-bond acceptors (Lipinski definition) is 5. The highest BCUT2D eigenvalue weighted by molar-refractivity contribution is 5.94. The lowest BCUT2D eigenvalue weighted by molar-refractivity contribution is -0.119. The van der Waals surface area contributed by atoms with E-state index in [4.69, 9.17) is 14.5 Å². The predicted molar refractivity (Wildman–Crippen MR) is 115 cm³/mol. The average Bonchev–Trinajstić information content (AvgIpc) is 3.13. The van der Waals surface area contributed by atoms with Crippen LogP contribution in [0, 0.1) is 0 Å². The molecule has 1 unspecified atom stereocenters. The number of para-hydroxylation sites is 2. The van der Waals surface area contributed by atoms with Crippen LogP contribution in [0.3, 0.4) is 0 Å². The second-order valence-corrected chi connectivity index (χ2v) is 7.10. The Hall–Kier alpha value is -3.35. The first-order valence-electron chi connectivity index (χ1n) is 9.92. The van der Waals surface area contributed by atoms with Gasteiger partial charge in [0.05, 0.1) is 31.3 Å². The molecule has 7 nitrogen and oxygen atoms in total. The van der Waals surface area contributed by atoms with E-state index in [2.05, 4.69) is 5.32 Å². The van der Waals surface area contributed by atoms with Crippen LogP contribution < -0.4 is 14.8 Å². The van der Waals surface area contributed by atoms with E-state index in [9.17, 15) is 9.59 Å². The summed E-state index contributed by atoms with van der Waals surface area (Å²) in [5.41, 5.74) is 2.32. The summed E-state index contributed by atoms with van der Waals surface area (Å²) in [6.07, 6.45) is 1.35. The lowest BCUT2D eigenvalue weighted by Crippen LogP contribution is -2.25. The zero-order chi connectivity index (χ0) is 21.7. The first kappa shape index (κ1) is 21.4. The zero-order valence-corrected chi connectivity index (χ0v) is 17.8. The fourth-order valence-electron chi connectivity index (χ4n) is 3.41. The highest BCUT2D eigenvalue weighted by Gasteiger charge is 2.18. The first-order chi connectivity index (χ1) is 14.5. The summed E-state index contributed by atoms with van der Waals surface area (Å²) in [5.74, 6) is 1.84. The van der Waals surface area contributed by atoms with E-state index in [1.54, 1.807) is 32.2 Å². The van der Waals surface area contributed by atoms with Crippen LogP contribution >= 0.6 is 0 Å². The molecule has 1 atom stereocenters. The Morgan fingerprint density at radius 2 is 1.83 bits per heavy atom. The molecule has 0 fully saturated rings. The number of nitrogens with one attached hydrogen (secondary N) is 1. The van der Waals surface area contributed by atoms with Crippen LogP contribution in [0.5, 0.6) is 11.5 Å². The Labute approximate surface area is 176 Å². The number of methoxy groups -OCH3 is 2. The SMILES string of the molecule is COc1ccc(C(=O)NCCCc2nc3ccccc3n2C(C)C(C)=O)cc1OC. The maximum atomic E-state index is 12.5. The predicted octanol–water partition coefficient (Wildman–Crippen LogP) is 3.57. The van der Waals surface area contributed by atoms with E-state index in [0.717, 1.165) is 16.9 Å². The summed E-state index contributed by atoms with van der Waals surface area (Å²) < 4.78 is 12.4. The third kappa shape index (κ3) is 4.45. The quantitative estimate of drug-likeness (QED) is 0.547. The van der Waals surface area contributed by atoms with Gasteiger partial charge in [-0.3, -0.25) is 9.59 Å². The van der Waals surface area contributed by atoms with Gasteiger partial charge < -0.3 is 19.4 Å². The zero-order valence-electron chi connectivity index (χ0n) is 17.8. The third-order valence-electron chi connectivity index (χ3n) is 5.15. The van der Waals surface area contributed by atoms with E-state index < -0.39 is 0 Å². The van der Waals surface area contributed by atoms with E-state index in [1.807, 2.05) is 35.8 Å². The normalized spacial score (nSPS) is 11.9. The van der Waals surface area contributed by atoms with Gasteiger partial charge in [0.2, 0.25) is 0 Å². The maximum Gasteiger partial charge on any atom is 0.251 e. The fourth-order valence-corrected chi connectivity index (χ4v) is 3.41. The Kier molecular flexibility index (Phi) is 6.72. The lowest BCUT2D eigenvalue weighted by atomic mass is 10.1. The van der Waals surface area contributed by atoms with E-state index in [0.29, 0.717) is 36.4 Å². The lowest BCUT2D eigenvalue weighted by Gasteiger charge is -2.15. The molecule has 0 saturated heterocycles. The van der Waals surface area contributed by atoms with Crippen LogP contribution in [-0.2, 0) is 11.2 Å². The third-order valence-corrected chi connectivity index (χ3v) is 5.15. The van der Waals surface area contributed by atoms with Crippen LogP contribution in [0.15, 0.2) is 42.5 Å². The van der Waals surface area contributed by atoms with Crippen molar-refractivity contribution >= 4 is 22.7 Å². The molecule has 2 aromatic carbocycles. The number of fused-ring (bicyclic) bond motifs is 1. The highest BCUT2D eigenvalue weighted by atomic mass is 16.5. The topological polar surface area (TPSA) is 82.5 Å². The van der Waals surface area contributed by atoms with Crippen LogP contribution in [0.1, 0.15) is 42.5 Å².